The number of fused-ring (bicyclic) bond motifs is 1. The van der Waals surface area contributed by atoms with Crippen molar-refractivity contribution in [1.82, 2.24) is 24.6 Å². The van der Waals surface area contributed by atoms with E-state index in [1.165, 1.54) is 0 Å². The first-order chi connectivity index (χ1) is 15.2. The van der Waals surface area contributed by atoms with Crippen LogP contribution in [0.25, 0.3) is 22.5 Å². The van der Waals surface area contributed by atoms with Gasteiger partial charge >= 0.3 is 0 Å². The Hall–Kier alpha value is -3.59. The van der Waals surface area contributed by atoms with Crippen LogP contribution in [0.4, 0.5) is 11.8 Å². The Morgan fingerprint density at radius 3 is 2.58 bits per heavy atom. The molecule has 0 amide bonds. The lowest BCUT2D eigenvalue weighted by Crippen LogP contribution is -2.48. The molecule has 0 spiro atoms. The zero-order valence-corrected chi connectivity index (χ0v) is 17.4. The number of hydrogen-bond donors (Lipinski definition) is 1. The molecule has 0 saturated carbocycles. The third-order valence-electron chi connectivity index (χ3n) is 5.56. The van der Waals surface area contributed by atoms with Gasteiger partial charge in [-0.1, -0.05) is 18.2 Å². The second-order valence-electron chi connectivity index (χ2n) is 7.55. The molecule has 4 heterocycles. The van der Waals surface area contributed by atoms with Crippen molar-refractivity contribution in [3.63, 3.8) is 0 Å². The number of hydrogen-bond acceptors (Lipinski definition) is 8. The Morgan fingerprint density at radius 2 is 1.84 bits per heavy atom. The zero-order valence-electron chi connectivity index (χ0n) is 17.4. The van der Waals surface area contributed by atoms with Gasteiger partial charge in [0.1, 0.15) is 23.9 Å². The van der Waals surface area contributed by atoms with E-state index in [9.17, 15) is 0 Å². The maximum Gasteiger partial charge on any atom is 0.228 e. The van der Waals surface area contributed by atoms with Crippen LogP contribution in [0.3, 0.4) is 0 Å². The molecule has 9 heteroatoms. The molecule has 160 valence electrons. The van der Waals surface area contributed by atoms with Crippen LogP contribution < -0.4 is 15.4 Å². The fourth-order valence-electron chi connectivity index (χ4n) is 3.82. The first-order valence-electron chi connectivity index (χ1n) is 10.4. The van der Waals surface area contributed by atoms with Crippen molar-refractivity contribution >= 4 is 22.8 Å². The van der Waals surface area contributed by atoms with Crippen molar-refractivity contribution in [2.45, 2.75) is 0 Å². The van der Waals surface area contributed by atoms with E-state index in [0.717, 1.165) is 43.9 Å². The second kappa shape index (κ2) is 8.27. The number of nitrogens with zero attached hydrogens (tertiary/aromatic N) is 6. The van der Waals surface area contributed by atoms with Gasteiger partial charge in [-0.15, -0.1) is 0 Å². The van der Waals surface area contributed by atoms with Gasteiger partial charge in [0.2, 0.25) is 5.95 Å². The van der Waals surface area contributed by atoms with Gasteiger partial charge in [0.25, 0.3) is 0 Å². The number of furan rings is 1. The number of rotatable bonds is 6. The van der Waals surface area contributed by atoms with E-state index in [1.807, 2.05) is 42.5 Å². The molecule has 5 rings (SSSR count). The minimum Gasteiger partial charge on any atom is -0.492 e. The molecule has 0 radical (unpaired) electrons. The summed E-state index contributed by atoms with van der Waals surface area (Å²) in [5.74, 6) is 2.74. The summed E-state index contributed by atoms with van der Waals surface area (Å²) >= 11 is 0. The Labute approximate surface area is 180 Å². The van der Waals surface area contributed by atoms with E-state index in [4.69, 9.17) is 24.9 Å². The molecule has 3 aromatic heterocycles. The van der Waals surface area contributed by atoms with Gasteiger partial charge in [-0.05, 0) is 24.3 Å². The number of benzene rings is 1. The number of aromatic nitrogens is 4. The van der Waals surface area contributed by atoms with Crippen molar-refractivity contribution in [3.8, 4) is 17.2 Å². The lowest BCUT2D eigenvalue weighted by Gasteiger charge is -2.34. The molecule has 2 N–H and O–H groups in total. The maximum atomic E-state index is 6.23. The van der Waals surface area contributed by atoms with Crippen molar-refractivity contribution < 1.29 is 9.15 Å². The van der Waals surface area contributed by atoms with Crippen LogP contribution in [0.2, 0.25) is 0 Å². The topological polar surface area (TPSA) is 98.5 Å². The predicted molar refractivity (Wildman–Crippen MR) is 119 cm³/mol. The van der Waals surface area contributed by atoms with Crippen LogP contribution in [0, 0.1) is 0 Å². The summed E-state index contributed by atoms with van der Waals surface area (Å²) in [6.07, 6.45) is 1.63. The number of para-hydroxylation sites is 1. The van der Waals surface area contributed by atoms with E-state index in [-0.39, 0.29) is 0 Å². The van der Waals surface area contributed by atoms with Gasteiger partial charge in [0, 0.05) is 39.8 Å². The first kappa shape index (κ1) is 19.4. The van der Waals surface area contributed by atoms with Crippen LogP contribution in [-0.4, -0.2) is 64.0 Å². The SMILES string of the molecule is Cn1nc2nc(N3CCN(CCOc4ccccc4)CC3)nc(-c3ccco3)c2c1N. The molecule has 31 heavy (non-hydrogen) atoms. The number of nitrogen functional groups attached to an aromatic ring is 1. The fourth-order valence-corrected chi connectivity index (χ4v) is 3.82. The summed E-state index contributed by atoms with van der Waals surface area (Å²) < 4.78 is 13.1. The second-order valence-corrected chi connectivity index (χ2v) is 7.55. The molecule has 0 aliphatic carbocycles. The molecule has 1 aromatic carbocycles. The minimum atomic E-state index is 0.524. The molecule has 1 fully saturated rings. The van der Waals surface area contributed by atoms with E-state index in [2.05, 4.69) is 14.9 Å². The molecule has 9 nitrogen and oxygen atoms in total. The van der Waals surface area contributed by atoms with E-state index in [1.54, 1.807) is 18.0 Å². The average Bonchev–Trinajstić information content (AvgIpc) is 3.43. The highest BCUT2D eigenvalue weighted by molar-refractivity contribution is 5.97. The molecular weight excluding hydrogens is 394 g/mol. The van der Waals surface area contributed by atoms with Gasteiger partial charge in [0.05, 0.1) is 11.6 Å². The van der Waals surface area contributed by atoms with Gasteiger partial charge in [-0.2, -0.15) is 10.1 Å². The standard InChI is InChI=1S/C22H25N7O2/c1-27-20(23)18-19(17-8-5-14-31-17)24-22(25-21(18)26-27)29-11-9-28(10-12-29)13-15-30-16-6-3-2-4-7-16/h2-8,14H,9-13,15,23H2,1H3. The van der Waals surface area contributed by atoms with Crippen molar-refractivity contribution in [2.24, 2.45) is 7.05 Å². The zero-order chi connectivity index (χ0) is 21.2. The monoisotopic (exact) mass is 419 g/mol. The highest BCUT2D eigenvalue weighted by Crippen LogP contribution is 2.32. The van der Waals surface area contributed by atoms with Crippen LogP contribution in [-0.2, 0) is 7.05 Å². The smallest absolute Gasteiger partial charge is 0.228 e. The first-order valence-corrected chi connectivity index (χ1v) is 10.4. The van der Waals surface area contributed by atoms with Crippen molar-refractivity contribution in [3.05, 3.63) is 48.7 Å². The summed E-state index contributed by atoms with van der Waals surface area (Å²) in [4.78, 5) is 14.1. The van der Waals surface area contributed by atoms with Crippen LogP contribution >= 0.6 is 0 Å². The lowest BCUT2D eigenvalue weighted by molar-refractivity contribution is 0.200. The molecule has 0 bridgehead atoms. The summed E-state index contributed by atoms with van der Waals surface area (Å²) in [5, 5.41) is 5.19. The van der Waals surface area contributed by atoms with Crippen molar-refractivity contribution in [1.29, 1.82) is 0 Å². The molecule has 4 aromatic rings. The fraction of sp³-hybridized carbons (Fsp3) is 0.318. The van der Waals surface area contributed by atoms with Crippen molar-refractivity contribution in [2.75, 3.05) is 50.0 Å². The number of piperazine rings is 1. The van der Waals surface area contributed by atoms with E-state index in [0.29, 0.717) is 35.5 Å². The van der Waals surface area contributed by atoms with Crippen LogP contribution in [0.15, 0.2) is 53.1 Å². The molecule has 1 aliphatic rings. The summed E-state index contributed by atoms with van der Waals surface area (Å²) in [5.41, 5.74) is 7.48. The lowest BCUT2D eigenvalue weighted by atomic mass is 10.2. The van der Waals surface area contributed by atoms with Crippen LogP contribution in [0.1, 0.15) is 0 Å². The van der Waals surface area contributed by atoms with Gasteiger partial charge in [0.15, 0.2) is 11.4 Å². The maximum absolute atomic E-state index is 6.23. The third kappa shape index (κ3) is 3.91. The highest BCUT2D eigenvalue weighted by atomic mass is 16.5. The quantitative estimate of drug-likeness (QED) is 0.509. The normalized spacial score (nSPS) is 14.9. The molecule has 1 aliphatic heterocycles. The van der Waals surface area contributed by atoms with Gasteiger partial charge < -0.3 is 19.8 Å². The highest BCUT2D eigenvalue weighted by Gasteiger charge is 2.24. The van der Waals surface area contributed by atoms with E-state index < -0.39 is 0 Å². The molecule has 0 atom stereocenters. The predicted octanol–water partition coefficient (Wildman–Crippen LogP) is 2.41. The van der Waals surface area contributed by atoms with Crippen LogP contribution in [0.5, 0.6) is 5.75 Å². The van der Waals surface area contributed by atoms with E-state index >= 15 is 0 Å². The Bertz CT molecular complexity index is 1150. The van der Waals surface area contributed by atoms with Gasteiger partial charge in [-0.3, -0.25) is 9.58 Å². The molecule has 1 saturated heterocycles. The molecule has 0 unspecified atom stereocenters. The summed E-state index contributed by atoms with van der Waals surface area (Å²) in [7, 11) is 1.80. The Morgan fingerprint density at radius 1 is 1.03 bits per heavy atom. The Kier molecular flexibility index (Phi) is 5.17. The summed E-state index contributed by atoms with van der Waals surface area (Å²) in [6, 6.07) is 13.6. The number of aryl methyl sites for hydroxylation is 1. The summed E-state index contributed by atoms with van der Waals surface area (Å²) in [6.45, 7) is 5.05. The van der Waals surface area contributed by atoms with Gasteiger partial charge in [-0.25, -0.2) is 4.98 Å². The number of ether oxygens (including phenoxy) is 1. The number of nitrogens with two attached hydrogens (primary N) is 1. The molecular formula is C22H25N7O2. The largest absolute Gasteiger partial charge is 0.492 e. The third-order valence-corrected chi connectivity index (χ3v) is 5.56. The minimum absolute atomic E-state index is 0.524. The average molecular weight is 419 g/mol. The Balaban J connectivity index is 1.28. The number of anilines is 2.